The molecular weight excluding hydrogens is 186 g/mol. The molecule has 1 heterocycles. The van der Waals surface area contributed by atoms with Crippen LogP contribution in [-0.2, 0) is 0 Å². The third-order valence-corrected chi connectivity index (χ3v) is 2.59. The molecule has 0 amide bonds. The van der Waals surface area contributed by atoms with Crippen molar-refractivity contribution in [2.45, 2.75) is 19.9 Å². The van der Waals surface area contributed by atoms with Gasteiger partial charge in [0.2, 0.25) is 0 Å². The largest absolute Gasteiger partial charge is 0.382 e. The van der Waals surface area contributed by atoms with Crippen molar-refractivity contribution in [3.8, 4) is 0 Å². The maximum absolute atomic E-state index is 5.66. The number of rotatable bonds is 2. The standard InChI is InChI=1S/C12H15N3/c1-9-8-12(13)14-15(9)10(2)11-6-4-3-5-7-11/h3-8,10H,1-2H3,(H2,13,14). The molecule has 0 saturated heterocycles. The summed E-state index contributed by atoms with van der Waals surface area (Å²) in [6.45, 7) is 4.14. The normalized spacial score (nSPS) is 12.7. The van der Waals surface area contributed by atoms with Gasteiger partial charge in [-0.05, 0) is 19.4 Å². The van der Waals surface area contributed by atoms with Gasteiger partial charge in [0.05, 0.1) is 6.04 Å². The predicted molar refractivity (Wildman–Crippen MR) is 61.6 cm³/mol. The van der Waals surface area contributed by atoms with E-state index < -0.39 is 0 Å². The molecule has 1 unspecified atom stereocenters. The van der Waals surface area contributed by atoms with Crippen molar-refractivity contribution in [2.75, 3.05) is 5.73 Å². The Morgan fingerprint density at radius 3 is 2.47 bits per heavy atom. The maximum Gasteiger partial charge on any atom is 0.145 e. The van der Waals surface area contributed by atoms with Gasteiger partial charge in [-0.2, -0.15) is 5.10 Å². The Bertz CT molecular complexity index is 445. The number of anilines is 1. The second-order valence-electron chi connectivity index (χ2n) is 3.74. The lowest BCUT2D eigenvalue weighted by molar-refractivity contribution is 0.552. The zero-order valence-electron chi connectivity index (χ0n) is 9.01. The number of aryl methyl sites for hydroxylation is 1. The molecule has 0 saturated carbocycles. The van der Waals surface area contributed by atoms with Crippen molar-refractivity contribution in [2.24, 2.45) is 0 Å². The minimum atomic E-state index is 0.225. The molecule has 2 rings (SSSR count). The number of aromatic nitrogens is 2. The van der Waals surface area contributed by atoms with Gasteiger partial charge in [-0.3, -0.25) is 4.68 Å². The van der Waals surface area contributed by atoms with Crippen molar-refractivity contribution in [3.63, 3.8) is 0 Å². The van der Waals surface area contributed by atoms with Crippen LogP contribution >= 0.6 is 0 Å². The van der Waals surface area contributed by atoms with Gasteiger partial charge in [-0.1, -0.05) is 30.3 Å². The second kappa shape index (κ2) is 3.77. The molecule has 1 atom stereocenters. The van der Waals surface area contributed by atoms with Gasteiger partial charge in [0, 0.05) is 11.8 Å². The molecule has 2 aromatic rings. The first-order valence-electron chi connectivity index (χ1n) is 5.05. The first kappa shape index (κ1) is 9.77. The van der Waals surface area contributed by atoms with Crippen LogP contribution in [0.2, 0.25) is 0 Å². The smallest absolute Gasteiger partial charge is 0.145 e. The highest BCUT2D eigenvalue weighted by molar-refractivity contribution is 5.30. The van der Waals surface area contributed by atoms with Crippen LogP contribution < -0.4 is 5.73 Å². The van der Waals surface area contributed by atoms with Crippen molar-refractivity contribution in [1.29, 1.82) is 0 Å². The molecule has 1 aromatic carbocycles. The molecule has 0 bridgehead atoms. The van der Waals surface area contributed by atoms with Gasteiger partial charge in [0.1, 0.15) is 5.82 Å². The predicted octanol–water partition coefficient (Wildman–Crippen LogP) is 2.38. The Morgan fingerprint density at radius 1 is 1.27 bits per heavy atom. The summed E-state index contributed by atoms with van der Waals surface area (Å²) in [5.74, 6) is 0.579. The van der Waals surface area contributed by atoms with Gasteiger partial charge < -0.3 is 5.73 Å². The molecule has 0 radical (unpaired) electrons. The average Bonchev–Trinajstić information content (AvgIpc) is 2.58. The molecule has 1 aromatic heterocycles. The number of nitrogen functional groups attached to an aromatic ring is 1. The van der Waals surface area contributed by atoms with Crippen molar-refractivity contribution in [1.82, 2.24) is 9.78 Å². The Labute approximate surface area is 89.5 Å². The summed E-state index contributed by atoms with van der Waals surface area (Å²) in [7, 11) is 0. The minimum Gasteiger partial charge on any atom is -0.382 e. The van der Waals surface area contributed by atoms with Crippen LogP contribution in [0, 0.1) is 6.92 Å². The van der Waals surface area contributed by atoms with Crippen LogP contribution in [-0.4, -0.2) is 9.78 Å². The number of benzene rings is 1. The highest BCUT2D eigenvalue weighted by atomic mass is 15.3. The highest BCUT2D eigenvalue weighted by Crippen LogP contribution is 2.19. The molecule has 0 spiro atoms. The first-order valence-corrected chi connectivity index (χ1v) is 5.05. The third kappa shape index (κ3) is 1.86. The van der Waals surface area contributed by atoms with E-state index in [-0.39, 0.29) is 6.04 Å². The minimum absolute atomic E-state index is 0.225. The third-order valence-electron chi connectivity index (χ3n) is 2.59. The van der Waals surface area contributed by atoms with Crippen LogP contribution in [0.3, 0.4) is 0 Å². The Morgan fingerprint density at radius 2 is 1.93 bits per heavy atom. The molecule has 0 aliphatic carbocycles. The average molecular weight is 201 g/mol. The van der Waals surface area contributed by atoms with Crippen LogP contribution in [0.15, 0.2) is 36.4 Å². The molecule has 3 nitrogen and oxygen atoms in total. The van der Waals surface area contributed by atoms with Crippen LogP contribution in [0.4, 0.5) is 5.82 Å². The highest BCUT2D eigenvalue weighted by Gasteiger charge is 2.10. The van der Waals surface area contributed by atoms with Gasteiger partial charge in [-0.25, -0.2) is 0 Å². The lowest BCUT2D eigenvalue weighted by Crippen LogP contribution is -2.10. The van der Waals surface area contributed by atoms with Gasteiger partial charge in [-0.15, -0.1) is 0 Å². The summed E-state index contributed by atoms with van der Waals surface area (Å²) in [6.07, 6.45) is 0. The van der Waals surface area contributed by atoms with E-state index in [2.05, 4.69) is 24.2 Å². The zero-order valence-corrected chi connectivity index (χ0v) is 9.01. The lowest BCUT2D eigenvalue weighted by Gasteiger charge is -2.14. The summed E-state index contributed by atoms with van der Waals surface area (Å²) in [6, 6.07) is 12.4. The van der Waals surface area contributed by atoms with E-state index in [0.29, 0.717) is 5.82 Å². The summed E-state index contributed by atoms with van der Waals surface area (Å²) >= 11 is 0. The SMILES string of the molecule is Cc1cc(N)nn1C(C)c1ccccc1. The molecule has 0 fully saturated rings. The molecule has 0 aliphatic rings. The van der Waals surface area contributed by atoms with Crippen molar-refractivity contribution < 1.29 is 0 Å². The summed E-state index contributed by atoms with van der Waals surface area (Å²) in [5, 5.41) is 4.28. The second-order valence-corrected chi connectivity index (χ2v) is 3.74. The maximum atomic E-state index is 5.66. The molecule has 2 N–H and O–H groups in total. The van der Waals surface area contributed by atoms with E-state index >= 15 is 0 Å². The number of hydrogen-bond acceptors (Lipinski definition) is 2. The van der Waals surface area contributed by atoms with E-state index in [1.165, 1.54) is 5.56 Å². The van der Waals surface area contributed by atoms with Crippen LogP contribution in [0.25, 0.3) is 0 Å². The fraction of sp³-hybridized carbons (Fsp3) is 0.250. The topological polar surface area (TPSA) is 43.8 Å². The Hall–Kier alpha value is -1.77. The molecule has 78 valence electrons. The van der Waals surface area contributed by atoms with Crippen molar-refractivity contribution >= 4 is 5.82 Å². The van der Waals surface area contributed by atoms with E-state index in [0.717, 1.165) is 5.69 Å². The molecular formula is C12H15N3. The molecule has 0 aliphatic heterocycles. The van der Waals surface area contributed by atoms with E-state index in [1.54, 1.807) is 0 Å². The van der Waals surface area contributed by atoms with Crippen molar-refractivity contribution in [3.05, 3.63) is 47.7 Å². The van der Waals surface area contributed by atoms with E-state index in [1.807, 2.05) is 35.9 Å². The van der Waals surface area contributed by atoms with Gasteiger partial charge in [0.25, 0.3) is 0 Å². The fourth-order valence-corrected chi connectivity index (χ4v) is 1.78. The summed E-state index contributed by atoms with van der Waals surface area (Å²) in [5.41, 5.74) is 7.99. The van der Waals surface area contributed by atoms with Crippen LogP contribution in [0.1, 0.15) is 24.2 Å². The quantitative estimate of drug-likeness (QED) is 0.810. The van der Waals surface area contributed by atoms with Gasteiger partial charge >= 0.3 is 0 Å². The monoisotopic (exact) mass is 201 g/mol. The Kier molecular flexibility index (Phi) is 2.46. The van der Waals surface area contributed by atoms with Gasteiger partial charge in [0.15, 0.2) is 0 Å². The lowest BCUT2D eigenvalue weighted by atomic mass is 10.1. The van der Waals surface area contributed by atoms with E-state index in [4.69, 9.17) is 5.73 Å². The summed E-state index contributed by atoms with van der Waals surface area (Å²) in [4.78, 5) is 0. The van der Waals surface area contributed by atoms with E-state index in [9.17, 15) is 0 Å². The number of nitrogens with zero attached hydrogens (tertiary/aromatic N) is 2. The summed E-state index contributed by atoms with van der Waals surface area (Å²) < 4.78 is 1.95. The Balaban J connectivity index is 2.36. The zero-order chi connectivity index (χ0) is 10.8. The number of nitrogens with two attached hydrogens (primary N) is 1. The number of hydrogen-bond donors (Lipinski definition) is 1. The molecule has 15 heavy (non-hydrogen) atoms. The molecule has 3 heteroatoms. The van der Waals surface area contributed by atoms with Crippen LogP contribution in [0.5, 0.6) is 0 Å². The fourth-order valence-electron chi connectivity index (χ4n) is 1.78. The first-order chi connectivity index (χ1) is 7.18.